The van der Waals surface area contributed by atoms with Gasteiger partial charge in [-0.05, 0) is 37.0 Å². The lowest BCUT2D eigenvalue weighted by atomic mass is 9.89. The second-order valence-electron chi connectivity index (χ2n) is 3.90. The van der Waals surface area contributed by atoms with Crippen LogP contribution < -0.4 is 0 Å². The Morgan fingerprint density at radius 3 is 2.21 bits per heavy atom. The molecule has 1 nitrogen and oxygen atoms in total. The lowest BCUT2D eigenvalue weighted by molar-refractivity contribution is 0.0980. The summed E-state index contributed by atoms with van der Waals surface area (Å²) < 4.78 is 0. The van der Waals surface area contributed by atoms with Gasteiger partial charge in [0.1, 0.15) is 5.60 Å². The molecule has 14 heavy (non-hydrogen) atoms. The largest absolute Gasteiger partial charge is 0.381 e. The molecule has 1 aromatic rings. The molecule has 0 heterocycles. The van der Waals surface area contributed by atoms with Gasteiger partial charge in [0.2, 0.25) is 0 Å². The number of rotatable bonds is 3. The highest BCUT2D eigenvalue weighted by Gasteiger charge is 2.23. The first-order valence-corrected chi connectivity index (χ1v) is 4.96. The molecule has 1 N–H and O–H groups in total. The minimum atomic E-state index is -0.910. The molecule has 0 spiro atoms. The standard InChI is InChI=1S/C13H18O/c1-5-11-6-8-12(9-7-11)13(4,14)10(2)3/h6-9,14H,2,5H2,1,3-4H3. The maximum absolute atomic E-state index is 10.1. The predicted octanol–water partition coefficient (Wildman–Crippen LogP) is 3.03. The fraction of sp³-hybridized carbons (Fsp3) is 0.385. The predicted molar refractivity (Wildman–Crippen MR) is 60.2 cm³/mol. The van der Waals surface area contributed by atoms with Gasteiger partial charge in [0.15, 0.2) is 0 Å². The highest BCUT2D eigenvalue weighted by Crippen LogP contribution is 2.27. The van der Waals surface area contributed by atoms with Crippen LogP contribution in [-0.4, -0.2) is 5.11 Å². The summed E-state index contributed by atoms with van der Waals surface area (Å²) in [4.78, 5) is 0. The third kappa shape index (κ3) is 2.05. The van der Waals surface area contributed by atoms with E-state index in [2.05, 4.69) is 13.5 Å². The topological polar surface area (TPSA) is 20.2 Å². The van der Waals surface area contributed by atoms with Crippen molar-refractivity contribution in [1.29, 1.82) is 0 Å². The molecule has 0 saturated heterocycles. The molecule has 0 amide bonds. The smallest absolute Gasteiger partial charge is 0.107 e. The van der Waals surface area contributed by atoms with Crippen molar-refractivity contribution in [2.45, 2.75) is 32.8 Å². The van der Waals surface area contributed by atoms with E-state index < -0.39 is 5.60 Å². The number of aryl methyl sites for hydroxylation is 1. The van der Waals surface area contributed by atoms with Crippen LogP contribution in [0.15, 0.2) is 36.4 Å². The van der Waals surface area contributed by atoms with Gasteiger partial charge < -0.3 is 5.11 Å². The summed E-state index contributed by atoms with van der Waals surface area (Å²) in [7, 11) is 0. The zero-order valence-corrected chi connectivity index (χ0v) is 9.17. The molecule has 1 unspecified atom stereocenters. The fourth-order valence-corrected chi connectivity index (χ4v) is 1.31. The average molecular weight is 190 g/mol. The first kappa shape index (κ1) is 11.0. The van der Waals surface area contributed by atoms with Crippen LogP contribution >= 0.6 is 0 Å². The van der Waals surface area contributed by atoms with Crippen LogP contribution in [0.3, 0.4) is 0 Å². The molecular weight excluding hydrogens is 172 g/mol. The summed E-state index contributed by atoms with van der Waals surface area (Å²) >= 11 is 0. The molecule has 0 aliphatic carbocycles. The number of hydrogen-bond acceptors (Lipinski definition) is 1. The third-order valence-electron chi connectivity index (χ3n) is 2.76. The van der Waals surface area contributed by atoms with Crippen molar-refractivity contribution in [2.24, 2.45) is 0 Å². The van der Waals surface area contributed by atoms with Gasteiger partial charge in [-0.2, -0.15) is 0 Å². The van der Waals surface area contributed by atoms with Crippen molar-refractivity contribution in [3.05, 3.63) is 47.5 Å². The lowest BCUT2D eigenvalue weighted by Crippen LogP contribution is -2.21. The highest BCUT2D eigenvalue weighted by molar-refractivity contribution is 5.32. The van der Waals surface area contributed by atoms with Crippen molar-refractivity contribution in [3.63, 3.8) is 0 Å². The van der Waals surface area contributed by atoms with Crippen molar-refractivity contribution >= 4 is 0 Å². The molecule has 0 bridgehead atoms. The second-order valence-corrected chi connectivity index (χ2v) is 3.90. The normalized spacial score (nSPS) is 14.9. The van der Waals surface area contributed by atoms with E-state index in [9.17, 15) is 5.11 Å². The van der Waals surface area contributed by atoms with Gasteiger partial charge in [0.25, 0.3) is 0 Å². The van der Waals surface area contributed by atoms with Crippen molar-refractivity contribution in [1.82, 2.24) is 0 Å². The van der Waals surface area contributed by atoms with E-state index in [4.69, 9.17) is 0 Å². The average Bonchev–Trinajstić information content (AvgIpc) is 2.17. The maximum Gasteiger partial charge on any atom is 0.107 e. The summed E-state index contributed by atoms with van der Waals surface area (Å²) in [6, 6.07) is 8.03. The lowest BCUT2D eigenvalue weighted by Gasteiger charge is -2.24. The fourth-order valence-electron chi connectivity index (χ4n) is 1.31. The highest BCUT2D eigenvalue weighted by atomic mass is 16.3. The third-order valence-corrected chi connectivity index (χ3v) is 2.76. The maximum atomic E-state index is 10.1. The quantitative estimate of drug-likeness (QED) is 0.726. The van der Waals surface area contributed by atoms with E-state index >= 15 is 0 Å². The van der Waals surface area contributed by atoms with Crippen LogP contribution in [0.1, 0.15) is 31.9 Å². The van der Waals surface area contributed by atoms with E-state index in [0.717, 1.165) is 17.6 Å². The Labute approximate surface area is 86.1 Å². The zero-order valence-electron chi connectivity index (χ0n) is 9.17. The van der Waals surface area contributed by atoms with Gasteiger partial charge in [-0.15, -0.1) is 0 Å². The first-order valence-electron chi connectivity index (χ1n) is 4.96. The Morgan fingerprint density at radius 1 is 1.36 bits per heavy atom. The summed E-state index contributed by atoms with van der Waals surface area (Å²) in [5.41, 5.74) is 2.04. The Balaban J connectivity index is 3.02. The molecule has 0 fully saturated rings. The Hall–Kier alpha value is -1.08. The Kier molecular flexibility index (Phi) is 3.12. The molecule has 1 aromatic carbocycles. The molecule has 1 atom stereocenters. The minimum Gasteiger partial charge on any atom is -0.381 e. The van der Waals surface area contributed by atoms with Crippen LogP contribution in [0.4, 0.5) is 0 Å². The monoisotopic (exact) mass is 190 g/mol. The van der Waals surface area contributed by atoms with E-state index in [1.54, 1.807) is 6.92 Å². The van der Waals surface area contributed by atoms with Gasteiger partial charge >= 0.3 is 0 Å². The summed E-state index contributed by atoms with van der Waals surface area (Å²) in [6.45, 7) is 9.53. The minimum absolute atomic E-state index is 0.766. The van der Waals surface area contributed by atoms with Crippen LogP contribution in [-0.2, 0) is 12.0 Å². The number of benzene rings is 1. The Morgan fingerprint density at radius 2 is 1.86 bits per heavy atom. The second kappa shape index (κ2) is 3.97. The van der Waals surface area contributed by atoms with Gasteiger partial charge in [-0.3, -0.25) is 0 Å². The zero-order chi connectivity index (χ0) is 10.8. The van der Waals surface area contributed by atoms with Crippen LogP contribution in [0.25, 0.3) is 0 Å². The molecule has 0 aliphatic heterocycles. The van der Waals surface area contributed by atoms with Crippen molar-refractivity contribution < 1.29 is 5.11 Å². The van der Waals surface area contributed by atoms with Crippen LogP contribution in [0, 0.1) is 0 Å². The van der Waals surface area contributed by atoms with E-state index in [1.807, 2.05) is 31.2 Å². The van der Waals surface area contributed by atoms with Crippen molar-refractivity contribution in [3.8, 4) is 0 Å². The van der Waals surface area contributed by atoms with E-state index in [-0.39, 0.29) is 0 Å². The van der Waals surface area contributed by atoms with E-state index in [1.165, 1.54) is 5.56 Å². The Bertz CT molecular complexity index is 320. The molecule has 0 aliphatic rings. The van der Waals surface area contributed by atoms with Crippen LogP contribution in [0.2, 0.25) is 0 Å². The molecule has 0 radical (unpaired) electrons. The van der Waals surface area contributed by atoms with Gasteiger partial charge in [-0.1, -0.05) is 37.8 Å². The summed E-state index contributed by atoms with van der Waals surface area (Å²) in [5, 5.41) is 10.1. The molecule has 76 valence electrons. The number of hydrogen-bond donors (Lipinski definition) is 1. The van der Waals surface area contributed by atoms with Gasteiger partial charge in [0.05, 0.1) is 0 Å². The molecule has 1 heteroatoms. The molecule has 0 saturated carbocycles. The van der Waals surface area contributed by atoms with E-state index in [0.29, 0.717) is 0 Å². The molecular formula is C13H18O. The summed E-state index contributed by atoms with van der Waals surface area (Å²) in [5.74, 6) is 0. The SMILES string of the molecule is C=C(C)C(C)(O)c1ccc(CC)cc1. The molecule has 1 rings (SSSR count). The molecule has 0 aromatic heterocycles. The van der Waals surface area contributed by atoms with Gasteiger partial charge in [0, 0.05) is 0 Å². The van der Waals surface area contributed by atoms with Crippen molar-refractivity contribution in [2.75, 3.05) is 0 Å². The van der Waals surface area contributed by atoms with Gasteiger partial charge in [-0.25, -0.2) is 0 Å². The number of aliphatic hydroxyl groups is 1. The van der Waals surface area contributed by atoms with Crippen LogP contribution in [0.5, 0.6) is 0 Å². The summed E-state index contributed by atoms with van der Waals surface area (Å²) in [6.07, 6.45) is 1.02. The first-order chi connectivity index (χ1) is 6.48.